The van der Waals surface area contributed by atoms with Crippen molar-refractivity contribution in [2.45, 2.75) is 25.9 Å². The Morgan fingerprint density at radius 3 is 2.83 bits per heavy atom. The second-order valence-corrected chi connectivity index (χ2v) is 4.21. The van der Waals surface area contributed by atoms with Crippen LogP contribution in [0.1, 0.15) is 18.9 Å². The lowest BCUT2D eigenvalue weighted by Crippen LogP contribution is -2.39. The van der Waals surface area contributed by atoms with Gasteiger partial charge < -0.3 is 20.5 Å². The van der Waals surface area contributed by atoms with Gasteiger partial charge in [0.1, 0.15) is 13.2 Å². The van der Waals surface area contributed by atoms with Gasteiger partial charge in [-0.1, -0.05) is 13.0 Å². The van der Waals surface area contributed by atoms with Crippen molar-refractivity contribution in [2.24, 2.45) is 5.73 Å². The van der Waals surface area contributed by atoms with Gasteiger partial charge in [0.05, 0.1) is 6.04 Å². The number of ether oxygens (including phenoxy) is 2. The lowest BCUT2D eigenvalue weighted by Gasteiger charge is -2.19. The van der Waals surface area contributed by atoms with Gasteiger partial charge in [-0.2, -0.15) is 0 Å². The number of benzene rings is 1. The van der Waals surface area contributed by atoms with Crippen LogP contribution in [0, 0.1) is 0 Å². The molecule has 0 saturated heterocycles. The molecule has 1 atom stereocenters. The van der Waals surface area contributed by atoms with Crippen molar-refractivity contribution in [3.05, 3.63) is 23.8 Å². The fourth-order valence-corrected chi connectivity index (χ4v) is 1.70. The summed E-state index contributed by atoms with van der Waals surface area (Å²) in [4.78, 5) is 11.5. The Morgan fingerprint density at radius 1 is 1.39 bits per heavy atom. The summed E-state index contributed by atoms with van der Waals surface area (Å²) < 4.78 is 10.9. The molecule has 5 nitrogen and oxygen atoms in total. The topological polar surface area (TPSA) is 73.6 Å². The largest absolute Gasteiger partial charge is 0.486 e. The van der Waals surface area contributed by atoms with Crippen molar-refractivity contribution in [1.29, 1.82) is 0 Å². The summed E-state index contributed by atoms with van der Waals surface area (Å²) in [6.07, 6.45) is 0.632. The molecule has 0 radical (unpaired) electrons. The smallest absolute Gasteiger partial charge is 0.237 e. The third-order valence-electron chi connectivity index (χ3n) is 2.85. The highest BCUT2D eigenvalue weighted by atomic mass is 16.6. The van der Waals surface area contributed by atoms with E-state index >= 15 is 0 Å². The molecule has 0 fully saturated rings. The second-order valence-electron chi connectivity index (χ2n) is 4.21. The van der Waals surface area contributed by atoms with Crippen LogP contribution in [0.25, 0.3) is 0 Å². The molecule has 5 heteroatoms. The van der Waals surface area contributed by atoms with Gasteiger partial charge in [0.15, 0.2) is 11.5 Å². The van der Waals surface area contributed by atoms with Crippen molar-refractivity contribution in [2.75, 3.05) is 13.2 Å². The number of carbonyl (C=O) groups is 1. The minimum Gasteiger partial charge on any atom is -0.486 e. The van der Waals surface area contributed by atoms with Crippen LogP contribution in [0.4, 0.5) is 0 Å². The number of nitrogens with one attached hydrogen (secondary N) is 1. The van der Waals surface area contributed by atoms with Crippen LogP contribution in [0.5, 0.6) is 11.5 Å². The summed E-state index contributed by atoms with van der Waals surface area (Å²) in [5.74, 6) is 1.35. The van der Waals surface area contributed by atoms with Crippen molar-refractivity contribution < 1.29 is 14.3 Å². The van der Waals surface area contributed by atoms with Gasteiger partial charge in [0.25, 0.3) is 0 Å². The molecule has 0 saturated carbocycles. The molecule has 1 aromatic rings. The molecule has 0 unspecified atom stereocenters. The molecule has 1 amide bonds. The zero-order valence-corrected chi connectivity index (χ0v) is 10.4. The Hall–Kier alpha value is -1.75. The molecule has 0 aliphatic carbocycles. The maximum atomic E-state index is 11.5. The Kier molecular flexibility index (Phi) is 4.04. The van der Waals surface area contributed by atoms with E-state index in [0.717, 1.165) is 17.1 Å². The molecule has 0 bridgehead atoms. The van der Waals surface area contributed by atoms with Crippen LogP contribution in [0.3, 0.4) is 0 Å². The van der Waals surface area contributed by atoms with Crippen LogP contribution < -0.4 is 20.5 Å². The number of rotatable bonds is 4. The highest BCUT2D eigenvalue weighted by Crippen LogP contribution is 2.30. The number of hydrogen-bond acceptors (Lipinski definition) is 4. The van der Waals surface area contributed by atoms with Crippen molar-refractivity contribution in [1.82, 2.24) is 5.32 Å². The van der Waals surface area contributed by atoms with Crippen molar-refractivity contribution >= 4 is 5.91 Å². The second kappa shape index (κ2) is 5.73. The fourth-order valence-electron chi connectivity index (χ4n) is 1.70. The quantitative estimate of drug-likeness (QED) is 0.829. The minimum absolute atomic E-state index is 0.132. The monoisotopic (exact) mass is 250 g/mol. The highest BCUT2D eigenvalue weighted by molar-refractivity contribution is 5.81. The Morgan fingerprint density at radius 2 is 2.11 bits per heavy atom. The summed E-state index contributed by atoms with van der Waals surface area (Å²) in [7, 11) is 0. The third-order valence-corrected chi connectivity index (χ3v) is 2.85. The van der Waals surface area contributed by atoms with Crippen LogP contribution >= 0.6 is 0 Å². The van der Waals surface area contributed by atoms with E-state index in [1.165, 1.54) is 0 Å². The van der Waals surface area contributed by atoms with E-state index in [-0.39, 0.29) is 5.91 Å². The van der Waals surface area contributed by atoms with E-state index in [0.29, 0.717) is 26.2 Å². The average Bonchev–Trinajstić information content (AvgIpc) is 2.43. The third kappa shape index (κ3) is 2.92. The fraction of sp³-hybridized carbons (Fsp3) is 0.462. The molecule has 2 rings (SSSR count). The Balaban J connectivity index is 1.96. The van der Waals surface area contributed by atoms with Crippen molar-refractivity contribution in [3.8, 4) is 11.5 Å². The first-order valence-corrected chi connectivity index (χ1v) is 6.12. The zero-order valence-electron chi connectivity index (χ0n) is 10.4. The highest BCUT2D eigenvalue weighted by Gasteiger charge is 2.13. The lowest BCUT2D eigenvalue weighted by atomic mass is 10.1. The van der Waals surface area contributed by atoms with Crippen LogP contribution in [0.15, 0.2) is 18.2 Å². The number of amides is 1. The zero-order chi connectivity index (χ0) is 13.0. The van der Waals surface area contributed by atoms with Gasteiger partial charge in [0, 0.05) is 6.54 Å². The maximum absolute atomic E-state index is 11.5. The van der Waals surface area contributed by atoms with E-state index in [1.807, 2.05) is 25.1 Å². The van der Waals surface area contributed by atoms with Crippen LogP contribution in [-0.2, 0) is 11.3 Å². The first-order valence-electron chi connectivity index (χ1n) is 6.12. The molecule has 1 aliphatic rings. The molecular formula is C13H18N2O3. The molecule has 1 heterocycles. The van der Waals surface area contributed by atoms with E-state index in [9.17, 15) is 4.79 Å². The molecule has 1 aromatic carbocycles. The summed E-state index contributed by atoms with van der Waals surface area (Å²) in [5.41, 5.74) is 6.60. The van der Waals surface area contributed by atoms with E-state index in [4.69, 9.17) is 15.2 Å². The number of fused-ring (bicyclic) bond motifs is 1. The molecular weight excluding hydrogens is 232 g/mol. The standard InChI is InChI=1S/C13H18N2O3/c1-2-10(14)13(16)15-8-9-3-4-11-12(7-9)18-6-5-17-11/h3-4,7,10H,2,5-6,8,14H2,1H3,(H,15,16)/t10-/m0/s1. The first kappa shape index (κ1) is 12.7. The van der Waals surface area contributed by atoms with Gasteiger partial charge in [-0.25, -0.2) is 0 Å². The van der Waals surface area contributed by atoms with Crippen LogP contribution in [0.2, 0.25) is 0 Å². The van der Waals surface area contributed by atoms with E-state index in [1.54, 1.807) is 0 Å². The van der Waals surface area contributed by atoms with Gasteiger partial charge >= 0.3 is 0 Å². The predicted molar refractivity (Wildman–Crippen MR) is 67.5 cm³/mol. The Labute approximate surface area is 106 Å². The summed E-state index contributed by atoms with van der Waals surface area (Å²) in [6, 6.07) is 5.20. The molecule has 18 heavy (non-hydrogen) atoms. The number of hydrogen-bond donors (Lipinski definition) is 2. The van der Waals surface area contributed by atoms with Gasteiger partial charge in [-0.05, 0) is 24.1 Å². The maximum Gasteiger partial charge on any atom is 0.237 e. The average molecular weight is 250 g/mol. The van der Waals surface area contributed by atoms with Crippen molar-refractivity contribution in [3.63, 3.8) is 0 Å². The summed E-state index contributed by atoms with van der Waals surface area (Å²) in [5, 5.41) is 2.80. The van der Waals surface area contributed by atoms with E-state index in [2.05, 4.69) is 5.32 Å². The van der Waals surface area contributed by atoms with Gasteiger partial charge in [-0.3, -0.25) is 4.79 Å². The Bertz CT molecular complexity index is 434. The predicted octanol–water partition coefficient (Wildman–Crippen LogP) is 0.811. The molecule has 98 valence electrons. The van der Waals surface area contributed by atoms with Gasteiger partial charge in [-0.15, -0.1) is 0 Å². The van der Waals surface area contributed by atoms with Gasteiger partial charge in [0.2, 0.25) is 5.91 Å². The van der Waals surface area contributed by atoms with Crippen LogP contribution in [-0.4, -0.2) is 25.2 Å². The summed E-state index contributed by atoms with van der Waals surface area (Å²) in [6.45, 7) is 3.47. The lowest BCUT2D eigenvalue weighted by molar-refractivity contribution is -0.122. The molecule has 0 aromatic heterocycles. The molecule has 1 aliphatic heterocycles. The first-order chi connectivity index (χ1) is 8.70. The number of carbonyl (C=O) groups excluding carboxylic acids is 1. The molecule has 3 N–H and O–H groups in total. The molecule has 0 spiro atoms. The number of nitrogens with two attached hydrogens (primary N) is 1. The summed E-state index contributed by atoms with van der Waals surface area (Å²) >= 11 is 0. The SMILES string of the molecule is CC[C@H](N)C(=O)NCc1ccc2c(c1)OCCO2. The minimum atomic E-state index is -0.442. The van der Waals surface area contributed by atoms with E-state index < -0.39 is 6.04 Å². The normalized spacial score (nSPS) is 15.0.